The van der Waals surface area contributed by atoms with Gasteiger partial charge in [0.05, 0.1) is 30.4 Å². The van der Waals surface area contributed by atoms with Gasteiger partial charge >= 0.3 is 0 Å². The third-order valence-electron chi connectivity index (χ3n) is 5.26. The van der Waals surface area contributed by atoms with E-state index >= 15 is 0 Å². The normalized spacial score (nSPS) is 23.6. The molecule has 1 aromatic carbocycles. The summed E-state index contributed by atoms with van der Waals surface area (Å²) in [5.41, 5.74) is 0.821. The summed E-state index contributed by atoms with van der Waals surface area (Å²) in [4.78, 5) is 40.6. The molecule has 3 aliphatic rings. The Morgan fingerprint density at radius 2 is 1.69 bits per heavy atom. The molecule has 0 spiro atoms. The molecule has 3 heterocycles. The number of carbonyl (C=O) groups excluding carboxylic acids is 3. The van der Waals surface area contributed by atoms with Crippen LogP contribution in [0.15, 0.2) is 24.3 Å². The van der Waals surface area contributed by atoms with Gasteiger partial charge in [-0.2, -0.15) is 0 Å². The summed E-state index contributed by atoms with van der Waals surface area (Å²) in [5.74, 6) is -0.711. The van der Waals surface area contributed by atoms with E-state index in [0.717, 1.165) is 19.3 Å². The van der Waals surface area contributed by atoms with Crippen molar-refractivity contribution in [3.8, 4) is 0 Å². The van der Waals surface area contributed by atoms with Crippen molar-refractivity contribution >= 4 is 17.7 Å². The van der Waals surface area contributed by atoms with E-state index in [2.05, 4.69) is 0 Å². The third-order valence-corrected chi connectivity index (χ3v) is 5.26. The van der Waals surface area contributed by atoms with Crippen molar-refractivity contribution in [2.24, 2.45) is 0 Å². The van der Waals surface area contributed by atoms with Gasteiger partial charge in [-0.25, -0.2) is 0 Å². The minimum absolute atomic E-state index is 0.0645. The van der Waals surface area contributed by atoms with Crippen molar-refractivity contribution in [1.29, 1.82) is 0 Å². The maximum absolute atomic E-state index is 12.8. The smallest absolute Gasteiger partial charge is 0.261 e. The molecule has 1 unspecified atom stereocenters. The Labute approximate surface area is 151 Å². The first-order chi connectivity index (χ1) is 12.7. The highest BCUT2D eigenvalue weighted by molar-refractivity contribution is 6.21. The standard InChI is InChI=1S/C19H22N2O5/c22-16(20-9-4-3-7-15(20)19-25-11-12-26-19)8-10-21-17(23)13-5-1-2-6-14(13)18(21)24/h1-2,5-6,15,19H,3-4,7-12H2. The van der Waals surface area contributed by atoms with Gasteiger partial charge in [0.2, 0.25) is 5.91 Å². The molecule has 2 saturated heterocycles. The van der Waals surface area contributed by atoms with E-state index in [1.54, 1.807) is 29.2 Å². The number of hydrogen-bond acceptors (Lipinski definition) is 5. The Hall–Kier alpha value is -2.25. The molecule has 0 radical (unpaired) electrons. The summed E-state index contributed by atoms with van der Waals surface area (Å²) in [7, 11) is 0. The number of imide groups is 1. The molecular weight excluding hydrogens is 336 g/mol. The van der Waals surface area contributed by atoms with Crippen molar-refractivity contribution in [2.45, 2.75) is 38.0 Å². The minimum atomic E-state index is -0.362. The summed E-state index contributed by atoms with van der Waals surface area (Å²) < 4.78 is 11.2. The summed E-state index contributed by atoms with van der Waals surface area (Å²) >= 11 is 0. The highest BCUT2D eigenvalue weighted by Crippen LogP contribution is 2.26. The fraction of sp³-hybridized carbons (Fsp3) is 0.526. The zero-order valence-corrected chi connectivity index (χ0v) is 14.6. The summed E-state index contributed by atoms with van der Waals surface area (Å²) in [6.07, 6.45) is 2.59. The Balaban J connectivity index is 1.40. The minimum Gasteiger partial charge on any atom is -0.348 e. The Morgan fingerprint density at radius 1 is 1.04 bits per heavy atom. The van der Waals surface area contributed by atoms with Gasteiger partial charge in [-0.05, 0) is 31.4 Å². The van der Waals surface area contributed by atoms with Gasteiger partial charge in [-0.15, -0.1) is 0 Å². The SMILES string of the molecule is O=C1c2ccccc2C(=O)N1CCC(=O)N1CCCCC1C1OCCO1. The van der Waals surface area contributed by atoms with Crippen LogP contribution in [-0.4, -0.2) is 66.2 Å². The summed E-state index contributed by atoms with van der Waals surface area (Å²) in [5, 5.41) is 0. The van der Waals surface area contributed by atoms with Crippen LogP contribution in [0.25, 0.3) is 0 Å². The number of piperidine rings is 1. The quantitative estimate of drug-likeness (QED) is 0.761. The molecule has 7 nitrogen and oxygen atoms in total. The zero-order chi connectivity index (χ0) is 18.1. The van der Waals surface area contributed by atoms with E-state index in [1.807, 2.05) is 0 Å². The van der Waals surface area contributed by atoms with E-state index in [0.29, 0.717) is 30.9 Å². The average molecular weight is 358 g/mol. The Kier molecular flexibility index (Phi) is 4.74. The lowest BCUT2D eigenvalue weighted by Gasteiger charge is -2.38. The third kappa shape index (κ3) is 3.01. The number of ether oxygens (including phenoxy) is 2. The first-order valence-corrected chi connectivity index (χ1v) is 9.15. The van der Waals surface area contributed by atoms with Gasteiger partial charge in [-0.1, -0.05) is 12.1 Å². The molecule has 3 aliphatic heterocycles. The number of amides is 3. The molecule has 26 heavy (non-hydrogen) atoms. The van der Waals surface area contributed by atoms with Gasteiger partial charge in [0.1, 0.15) is 0 Å². The first-order valence-electron chi connectivity index (χ1n) is 9.15. The second kappa shape index (κ2) is 7.17. The molecule has 0 aliphatic carbocycles. The number of likely N-dealkylation sites (tertiary alicyclic amines) is 1. The van der Waals surface area contributed by atoms with Crippen LogP contribution in [0.5, 0.6) is 0 Å². The lowest BCUT2D eigenvalue weighted by Crippen LogP contribution is -2.50. The second-order valence-electron chi connectivity index (χ2n) is 6.82. The van der Waals surface area contributed by atoms with Crippen LogP contribution in [-0.2, 0) is 14.3 Å². The van der Waals surface area contributed by atoms with Crippen molar-refractivity contribution < 1.29 is 23.9 Å². The molecule has 0 N–H and O–H groups in total. The maximum atomic E-state index is 12.8. The van der Waals surface area contributed by atoms with Crippen molar-refractivity contribution in [1.82, 2.24) is 9.80 Å². The lowest BCUT2D eigenvalue weighted by molar-refractivity contribution is -0.150. The number of hydrogen-bond donors (Lipinski definition) is 0. The van der Waals surface area contributed by atoms with E-state index < -0.39 is 0 Å². The van der Waals surface area contributed by atoms with Crippen molar-refractivity contribution in [3.05, 3.63) is 35.4 Å². The number of nitrogens with zero attached hydrogens (tertiary/aromatic N) is 2. The number of rotatable bonds is 4. The van der Waals surface area contributed by atoms with Gasteiger partial charge in [0.25, 0.3) is 11.8 Å². The molecule has 0 saturated carbocycles. The van der Waals surface area contributed by atoms with Crippen LogP contribution >= 0.6 is 0 Å². The average Bonchev–Trinajstić information content (AvgIpc) is 3.29. The Bertz CT molecular complexity index is 693. The van der Waals surface area contributed by atoms with Crippen LogP contribution in [0.3, 0.4) is 0 Å². The van der Waals surface area contributed by atoms with E-state index in [9.17, 15) is 14.4 Å². The van der Waals surface area contributed by atoms with E-state index in [-0.39, 0.29) is 43.0 Å². The summed E-state index contributed by atoms with van der Waals surface area (Å²) in [6.45, 7) is 1.87. The summed E-state index contributed by atoms with van der Waals surface area (Å²) in [6, 6.07) is 6.68. The molecule has 0 bridgehead atoms. The van der Waals surface area contributed by atoms with Crippen molar-refractivity contribution in [2.75, 3.05) is 26.3 Å². The molecule has 3 amide bonds. The number of fused-ring (bicyclic) bond motifs is 1. The zero-order valence-electron chi connectivity index (χ0n) is 14.6. The maximum Gasteiger partial charge on any atom is 0.261 e. The predicted molar refractivity (Wildman–Crippen MR) is 91.5 cm³/mol. The molecule has 0 aromatic heterocycles. The second-order valence-corrected chi connectivity index (χ2v) is 6.82. The molecular formula is C19H22N2O5. The van der Waals surface area contributed by atoms with E-state index in [4.69, 9.17) is 9.47 Å². The van der Waals surface area contributed by atoms with Crippen LogP contribution in [0.1, 0.15) is 46.4 Å². The molecule has 7 heteroatoms. The molecule has 4 rings (SSSR count). The lowest BCUT2D eigenvalue weighted by atomic mass is 10.0. The van der Waals surface area contributed by atoms with Gasteiger partial charge in [-0.3, -0.25) is 19.3 Å². The molecule has 2 fully saturated rings. The van der Waals surface area contributed by atoms with E-state index in [1.165, 1.54) is 4.90 Å². The number of benzene rings is 1. The first kappa shape index (κ1) is 17.2. The monoisotopic (exact) mass is 358 g/mol. The molecule has 1 aromatic rings. The van der Waals surface area contributed by atoms with Crippen LogP contribution in [0, 0.1) is 0 Å². The topological polar surface area (TPSA) is 76.2 Å². The highest BCUT2D eigenvalue weighted by Gasteiger charge is 2.38. The molecule has 1 atom stereocenters. The van der Waals surface area contributed by atoms with Crippen LogP contribution < -0.4 is 0 Å². The Morgan fingerprint density at radius 3 is 2.35 bits per heavy atom. The fourth-order valence-electron chi connectivity index (χ4n) is 3.94. The van der Waals surface area contributed by atoms with Gasteiger partial charge in [0.15, 0.2) is 6.29 Å². The van der Waals surface area contributed by atoms with Crippen LogP contribution in [0.4, 0.5) is 0 Å². The van der Waals surface area contributed by atoms with Crippen LogP contribution in [0.2, 0.25) is 0 Å². The predicted octanol–water partition coefficient (Wildman–Crippen LogP) is 1.43. The van der Waals surface area contributed by atoms with Crippen molar-refractivity contribution in [3.63, 3.8) is 0 Å². The number of carbonyl (C=O) groups is 3. The molecule has 138 valence electrons. The highest BCUT2D eigenvalue weighted by atomic mass is 16.7. The largest absolute Gasteiger partial charge is 0.348 e. The fourth-order valence-corrected chi connectivity index (χ4v) is 3.94. The van der Waals surface area contributed by atoms with Gasteiger partial charge in [0, 0.05) is 19.5 Å². The van der Waals surface area contributed by atoms with Gasteiger partial charge < -0.3 is 14.4 Å².